The molecule has 2 aromatic heterocycles. The Morgan fingerprint density at radius 2 is 1.93 bits per heavy atom. The number of fused-ring (bicyclic) bond motifs is 3. The van der Waals surface area contributed by atoms with Gasteiger partial charge in [0.1, 0.15) is 4.83 Å². The molecule has 1 aromatic carbocycles. The summed E-state index contributed by atoms with van der Waals surface area (Å²) in [6, 6.07) is 6.25. The Bertz CT molecular complexity index is 1110. The number of nitrogens with one attached hydrogen (secondary N) is 1. The number of amides is 1. The van der Waals surface area contributed by atoms with Gasteiger partial charge >= 0.3 is 0 Å². The number of benzene rings is 1. The van der Waals surface area contributed by atoms with Crippen molar-refractivity contribution in [2.24, 2.45) is 0 Å². The summed E-state index contributed by atoms with van der Waals surface area (Å²) >= 11 is 1.65. The van der Waals surface area contributed by atoms with Crippen LogP contribution in [0, 0.1) is 13.8 Å². The lowest BCUT2D eigenvalue weighted by Gasteiger charge is -2.16. The molecule has 0 aliphatic heterocycles. The monoisotopic (exact) mass is 409 g/mol. The maximum absolute atomic E-state index is 13.0. The summed E-state index contributed by atoms with van der Waals surface area (Å²) in [5.74, 6) is -0.0593. The molecule has 2 heterocycles. The zero-order valence-electron chi connectivity index (χ0n) is 17.2. The van der Waals surface area contributed by atoms with Gasteiger partial charge in [0.15, 0.2) is 0 Å². The van der Waals surface area contributed by atoms with E-state index in [0.717, 1.165) is 35.0 Å². The van der Waals surface area contributed by atoms with Crippen LogP contribution >= 0.6 is 11.3 Å². The number of nitrogens with zero attached hydrogens (tertiary/aromatic N) is 2. The fourth-order valence-corrected chi connectivity index (χ4v) is 5.44. The molecule has 0 saturated heterocycles. The van der Waals surface area contributed by atoms with E-state index >= 15 is 0 Å². The van der Waals surface area contributed by atoms with Crippen molar-refractivity contribution < 1.29 is 4.79 Å². The largest absolute Gasteiger partial charge is 0.350 e. The van der Waals surface area contributed by atoms with E-state index in [1.165, 1.54) is 28.0 Å². The van der Waals surface area contributed by atoms with Gasteiger partial charge < -0.3 is 5.32 Å². The average Bonchev–Trinajstić information content (AvgIpc) is 3.06. The molecule has 6 heteroatoms. The highest BCUT2D eigenvalue weighted by Crippen LogP contribution is 2.33. The van der Waals surface area contributed by atoms with Gasteiger partial charge in [-0.05, 0) is 57.6 Å². The minimum atomic E-state index is -0.0673. The third kappa shape index (κ3) is 4.13. The van der Waals surface area contributed by atoms with Crippen LogP contribution < -0.4 is 10.9 Å². The molecule has 1 aliphatic rings. The molecule has 29 heavy (non-hydrogen) atoms. The zero-order chi connectivity index (χ0) is 20.5. The summed E-state index contributed by atoms with van der Waals surface area (Å²) in [6.45, 7) is 6.45. The van der Waals surface area contributed by atoms with Crippen molar-refractivity contribution in [3.05, 3.63) is 62.0 Å². The maximum Gasteiger partial charge on any atom is 0.262 e. The summed E-state index contributed by atoms with van der Waals surface area (Å²) < 4.78 is 1.59. The van der Waals surface area contributed by atoms with Crippen molar-refractivity contribution in [1.82, 2.24) is 14.9 Å². The number of aryl methyl sites for hydroxylation is 5. The van der Waals surface area contributed by atoms with E-state index in [1.54, 1.807) is 22.2 Å². The number of thiophene rings is 1. The lowest BCUT2D eigenvalue weighted by molar-refractivity contribution is -0.121. The van der Waals surface area contributed by atoms with Crippen LogP contribution in [0.3, 0.4) is 0 Å². The Morgan fingerprint density at radius 3 is 2.69 bits per heavy atom. The number of carbonyl (C=O) groups excluding carboxylic acids is 1. The molecular formula is C23H27N3O2S. The molecule has 0 radical (unpaired) electrons. The summed E-state index contributed by atoms with van der Waals surface area (Å²) in [5, 5.41) is 3.82. The van der Waals surface area contributed by atoms with Gasteiger partial charge in [0.2, 0.25) is 5.91 Å². The molecule has 1 atom stereocenters. The average molecular weight is 410 g/mol. The summed E-state index contributed by atoms with van der Waals surface area (Å²) in [5.41, 5.74) is 4.65. The van der Waals surface area contributed by atoms with E-state index < -0.39 is 0 Å². The molecule has 1 amide bonds. The molecule has 1 N–H and O–H groups in total. The Labute approximate surface area is 174 Å². The van der Waals surface area contributed by atoms with E-state index in [1.807, 2.05) is 6.92 Å². The molecule has 152 valence electrons. The van der Waals surface area contributed by atoms with Crippen LogP contribution in [-0.4, -0.2) is 15.5 Å². The highest BCUT2D eigenvalue weighted by atomic mass is 32.1. The first-order valence-corrected chi connectivity index (χ1v) is 11.1. The second-order valence-electron chi connectivity index (χ2n) is 8.09. The predicted octanol–water partition coefficient (Wildman–Crippen LogP) is 4.22. The van der Waals surface area contributed by atoms with Gasteiger partial charge in [0.05, 0.1) is 17.8 Å². The smallest absolute Gasteiger partial charge is 0.262 e. The van der Waals surface area contributed by atoms with Gasteiger partial charge in [-0.1, -0.05) is 29.3 Å². The molecule has 0 saturated carbocycles. The summed E-state index contributed by atoms with van der Waals surface area (Å²) in [6.07, 6.45) is 6.18. The van der Waals surface area contributed by atoms with Crippen LogP contribution in [0.5, 0.6) is 0 Å². The molecule has 0 bridgehead atoms. The van der Waals surface area contributed by atoms with Crippen LogP contribution in [0.15, 0.2) is 29.3 Å². The maximum atomic E-state index is 13.0. The first-order chi connectivity index (χ1) is 13.9. The van der Waals surface area contributed by atoms with Gasteiger partial charge in [-0.25, -0.2) is 4.98 Å². The van der Waals surface area contributed by atoms with E-state index in [9.17, 15) is 9.59 Å². The highest BCUT2D eigenvalue weighted by Gasteiger charge is 2.20. The zero-order valence-corrected chi connectivity index (χ0v) is 18.1. The predicted molar refractivity (Wildman–Crippen MR) is 118 cm³/mol. The van der Waals surface area contributed by atoms with Gasteiger partial charge in [0.25, 0.3) is 5.56 Å². The van der Waals surface area contributed by atoms with Gasteiger partial charge in [0, 0.05) is 17.8 Å². The Hall–Kier alpha value is -2.47. The number of carbonyl (C=O) groups is 1. The van der Waals surface area contributed by atoms with E-state index in [0.29, 0.717) is 6.54 Å². The van der Waals surface area contributed by atoms with Crippen molar-refractivity contribution in [3.8, 4) is 0 Å². The molecule has 5 nitrogen and oxygen atoms in total. The third-order valence-corrected chi connectivity index (χ3v) is 6.84. The Balaban J connectivity index is 1.46. The molecule has 1 aliphatic carbocycles. The first-order valence-electron chi connectivity index (χ1n) is 10.3. The molecule has 1 unspecified atom stereocenters. The second kappa shape index (κ2) is 8.11. The SMILES string of the molecule is Cc1cc(C)cc(C(C)NC(=O)CCn2cnc3sc4c(c3c2=O)CCCC4)c1. The minimum absolute atomic E-state index is 0.00967. The summed E-state index contributed by atoms with van der Waals surface area (Å²) in [7, 11) is 0. The van der Waals surface area contributed by atoms with Crippen LogP contribution in [-0.2, 0) is 24.2 Å². The van der Waals surface area contributed by atoms with Gasteiger partial charge in [-0.15, -0.1) is 11.3 Å². The molecule has 0 fully saturated rings. The number of hydrogen-bond acceptors (Lipinski definition) is 4. The van der Waals surface area contributed by atoms with Crippen molar-refractivity contribution in [2.75, 3.05) is 0 Å². The van der Waals surface area contributed by atoms with Gasteiger partial charge in [-0.3, -0.25) is 14.2 Å². The topological polar surface area (TPSA) is 64.0 Å². The Morgan fingerprint density at radius 1 is 1.21 bits per heavy atom. The fraction of sp³-hybridized carbons (Fsp3) is 0.435. The molecule has 0 spiro atoms. The van der Waals surface area contributed by atoms with Crippen LogP contribution in [0.1, 0.15) is 59.4 Å². The summed E-state index contributed by atoms with van der Waals surface area (Å²) in [4.78, 5) is 32.1. The molecule has 4 rings (SSSR count). The second-order valence-corrected chi connectivity index (χ2v) is 9.18. The van der Waals surface area contributed by atoms with Crippen molar-refractivity contribution in [2.45, 2.75) is 65.5 Å². The van der Waals surface area contributed by atoms with Crippen molar-refractivity contribution >= 4 is 27.5 Å². The molecular weight excluding hydrogens is 382 g/mol. The van der Waals surface area contributed by atoms with Crippen molar-refractivity contribution in [3.63, 3.8) is 0 Å². The van der Waals surface area contributed by atoms with Crippen LogP contribution in [0.4, 0.5) is 0 Å². The van der Waals surface area contributed by atoms with E-state index in [-0.39, 0.29) is 23.9 Å². The van der Waals surface area contributed by atoms with E-state index in [4.69, 9.17) is 0 Å². The van der Waals surface area contributed by atoms with E-state index in [2.05, 4.69) is 42.3 Å². The lowest BCUT2D eigenvalue weighted by atomic mass is 9.97. The number of aromatic nitrogens is 2. The normalized spacial score (nSPS) is 14.6. The number of rotatable bonds is 5. The third-order valence-electron chi connectivity index (χ3n) is 5.64. The standard InChI is InChI=1S/C23H27N3O2S/c1-14-10-15(2)12-17(11-14)16(3)25-20(27)8-9-26-13-24-22-21(23(26)28)18-6-4-5-7-19(18)29-22/h10-13,16H,4-9H2,1-3H3,(H,25,27). The van der Waals surface area contributed by atoms with Crippen LogP contribution in [0.2, 0.25) is 0 Å². The Kier molecular flexibility index (Phi) is 5.54. The van der Waals surface area contributed by atoms with Crippen molar-refractivity contribution in [1.29, 1.82) is 0 Å². The first kappa shape index (κ1) is 19.8. The van der Waals surface area contributed by atoms with Gasteiger partial charge in [-0.2, -0.15) is 0 Å². The highest BCUT2D eigenvalue weighted by molar-refractivity contribution is 7.18. The fourth-order valence-electron chi connectivity index (χ4n) is 4.22. The minimum Gasteiger partial charge on any atom is -0.350 e. The lowest BCUT2D eigenvalue weighted by Crippen LogP contribution is -2.29. The molecule has 3 aromatic rings. The quantitative estimate of drug-likeness (QED) is 0.686. The number of hydrogen-bond donors (Lipinski definition) is 1. The van der Waals surface area contributed by atoms with Crippen LogP contribution in [0.25, 0.3) is 10.2 Å².